The van der Waals surface area contributed by atoms with Crippen molar-refractivity contribution in [3.05, 3.63) is 0 Å². The summed E-state index contributed by atoms with van der Waals surface area (Å²) in [6.45, 7) is 4.70. The van der Waals surface area contributed by atoms with Crippen molar-refractivity contribution in [2.24, 2.45) is 5.73 Å². The lowest BCUT2D eigenvalue weighted by Gasteiger charge is -2.25. The molecule has 5 nitrogen and oxygen atoms in total. The van der Waals surface area contributed by atoms with Gasteiger partial charge in [0.25, 0.3) is 0 Å². The first-order chi connectivity index (χ1) is 8.44. The maximum Gasteiger partial charge on any atom is 0.245 e. The Morgan fingerprint density at radius 2 is 2.06 bits per heavy atom. The van der Waals surface area contributed by atoms with Crippen molar-refractivity contribution in [3.63, 3.8) is 0 Å². The van der Waals surface area contributed by atoms with E-state index in [2.05, 4.69) is 5.32 Å². The number of carbonyl (C=O) groups is 2. The van der Waals surface area contributed by atoms with E-state index in [1.165, 1.54) is 0 Å². The van der Waals surface area contributed by atoms with Gasteiger partial charge in [-0.3, -0.25) is 9.59 Å². The zero-order valence-corrected chi connectivity index (χ0v) is 11.2. The van der Waals surface area contributed by atoms with Crippen molar-refractivity contribution < 1.29 is 9.59 Å². The van der Waals surface area contributed by atoms with E-state index in [0.717, 1.165) is 32.2 Å². The summed E-state index contributed by atoms with van der Waals surface area (Å²) in [5.74, 6) is -0.121. The highest BCUT2D eigenvalue weighted by atomic mass is 16.2. The molecule has 0 spiro atoms. The molecule has 102 valence electrons. The Balaban J connectivity index is 1.95. The molecule has 2 rings (SSSR count). The van der Waals surface area contributed by atoms with Gasteiger partial charge in [0.15, 0.2) is 0 Å². The van der Waals surface area contributed by atoms with Crippen LogP contribution >= 0.6 is 0 Å². The number of nitrogens with zero attached hydrogens (tertiary/aromatic N) is 1. The lowest BCUT2D eigenvalue weighted by atomic mass is 9.97. The summed E-state index contributed by atoms with van der Waals surface area (Å²) in [4.78, 5) is 26.0. The van der Waals surface area contributed by atoms with Gasteiger partial charge in [-0.25, -0.2) is 0 Å². The van der Waals surface area contributed by atoms with Crippen LogP contribution < -0.4 is 11.1 Å². The largest absolute Gasteiger partial charge is 0.343 e. The molecule has 1 aliphatic carbocycles. The lowest BCUT2D eigenvalue weighted by molar-refractivity contribution is -0.135. The maximum absolute atomic E-state index is 12.1. The van der Waals surface area contributed by atoms with E-state index >= 15 is 0 Å². The number of hydrogen-bond acceptors (Lipinski definition) is 3. The molecule has 3 N–H and O–H groups in total. The number of carbonyl (C=O) groups excluding carboxylic acids is 2. The highest BCUT2D eigenvalue weighted by Crippen LogP contribution is 2.27. The first kappa shape index (κ1) is 13.3. The van der Waals surface area contributed by atoms with Crippen LogP contribution in [0, 0.1) is 0 Å². The van der Waals surface area contributed by atoms with Crippen molar-refractivity contribution in [3.8, 4) is 0 Å². The minimum Gasteiger partial charge on any atom is -0.343 e. The van der Waals surface area contributed by atoms with Crippen LogP contribution in [0.25, 0.3) is 0 Å². The molecule has 1 saturated heterocycles. The van der Waals surface area contributed by atoms with E-state index < -0.39 is 5.54 Å². The maximum atomic E-state index is 12.1. The predicted octanol–water partition coefficient (Wildman–Crippen LogP) is 0.383. The second-order valence-corrected chi connectivity index (χ2v) is 5.80. The molecule has 18 heavy (non-hydrogen) atoms. The zero-order valence-electron chi connectivity index (χ0n) is 11.2. The predicted molar refractivity (Wildman–Crippen MR) is 68.8 cm³/mol. The number of likely N-dealkylation sites (tertiary alicyclic amines) is 1. The highest BCUT2D eigenvalue weighted by molar-refractivity contribution is 5.93. The number of hydrogen-bond donors (Lipinski definition) is 2. The molecule has 1 aliphatic heterocycles. The van der Waals surface area contributed by atoms with Crippen molar-refractivity contribution in [1.82, 2.24) is 10.2 Å². The first-order valence-electron chi connectivity index (χ1n) is 6.84. The minimum atomic E-state index is -0.745. The van der Waals surface area contributed by atoms with Crippen LogP contribution in [0.5, 0.6) is 0 Å². The van der Waals surface area contributed by atoms with E-state index in [9.17, 15) is 9.59 Å². The van der Waals surface area contributed by atoms with Crippen molar-refractivity contribution in [1.29, 1.82) is 0 Å². The SMILES string of the molecule is CC(C)N1CCC(NC(=O)C2(N)CCCC2)C1=O. The van der Waals surface area contributed by atoms with Crippen molar-refractivity contribution >= 4 is 11.8 Å². The smallest absolute Gasteiger partial charge is 0.245 e. The summed E-state index contributed by atoms with van der Waals surface area (Å²) in [6, 6.07) is -0.182. The zero-order chi connectivity index (χ0) is 13.3. The fourth-order valence-corrected chi connectivity index (χ4v) is 2.88. The Hall–Kier alpha value is -1.10. The first-order valence-corrected chi connectivity index (χ1v) is 6.84. The molecule has 1 atom stereocenters. The third-order valence-electron chi connectivity index (χ3n) is 4.12. The van der Waals surface area contributed by atoms with Crippen molar-refractivity contribution in [2.45, 2.75) is 63.6 Å². The van der Waals surface area contributed by atoms with Gasteiger partial charge in [0.2, 0.25) is 11.8 Å². The normalized spacial score (nSPS) is 27.0. The van der Waals surface area contributed by atoms with E-state index in [1.807, 2.05) is 18.7 Å². The number of nitrogens with two attached hydrogens (primary N) is 1. The van der Waals surface area contributed by atoms with Gasteiger partial charge in [-0.05, 0) is 33.1 Å². The Labute approximate surface area is 108 Å². The molecule has 0 radical (unpaired) electrons. The van der Waals surface area contributed by atoms with Crippen LogP contribution in [0.3, 0.4) is 0 Å². The van der Waals surface area contributed by atoms with Gasteiger partial charge in [0, 0.05) is 12.6 Å². The van der Waals surface area contributed by atoms with Crippen LogP contribution in [0.15, 0.2) is 0 Å². The monoisotopic (exact) mass is 253 g/mol. The molecule has 0 bridgehead atoms. The fourth-order valence-electron chi connectivity index (χ4n) is 2.88. The quantitative estimate of drug-likeness (QED) is 0.763. The van der Waals surface area contributed by atoms with E-state index in [4.69, 9.17) is 5.73 Å². The molecule has 5 heteroatoms. The Morgan fingerprint density at radius 3 is 2.56 bits per heavy atom. The number of rotatable bonds is 3. The highest BCUT2D eigenvalue weighted by Gasteiger charge is 2.41. The summed E-state index contributed by atoms with van der Waals surface area (Å²) in [5, 5.41) is 2.84. The molecular weight excluding hydrogens is 230 g/mol. The van der Waals surface area contributed by atoms with Gasteiger partial charge < -0.3 is 16.0 Å². The average Bonchev–Trinajstić information content (AvgIpc) is 2.88. The standard InChI is InChI=1S/C13H23N3O2/c1-9(2)16-8-5-10(11(16)17)15-12(18)13(14)6-3-4-7-13/h9-10H,3-8,14H2,1-2H3,(H,15,18). The summed E-state index contributed by atoms with van der Waals surface area (Å²) < 4.78 is 0. The lowest BCUT2D eigenvalue weighted by Crippen LogP contribution is -2.56. The molecule has 1 heterocycles. The summed E-state index contributed by atoms with van der Waals surface area (Å²) in [5.41, 5.74) is 5.34. The van der Waals surface area contributed by atoms with E-state index in [1.54, 1.807) is 0 Å². The fraction of sp³-hybridized carbons (Fsp3) is 0.846. The molecule has 1 unspecified atom stereocenters. The van der Waals surface area contributed by atoms with Crippen LogP contribution in [0.2, 0.25) is 0 Å². The molecule has 0 aromatic heterocycles. The van der Waals surface area contributed by atoms with Gasteiger partial charge in [0.1, 0.15) is 6.04 Å². The van der Waals surface area contributed by atoms with Gasteiger partial charge in [0.05, 0.1) is 5.54 Å². The number of nitrogens with one attached hydrogen (secondary N) is 1. The number of amides is 2. The second-order valence-electron chi connectivity index (χ2n) is 5.80. The molecule has 2 aliphatic rings. The summed E-state index contributed by atoms with van der Waals surface area (Å²) in [6.07, 6.45) is 4.15. The summed E-state index contributed by atoms with van der Waals surface area (Å²) >= 11 is 0. The van der Waals surface area contributed by atoms with Crippen molar-refractivity contribution in [2.75, 3.05) is 6.54 Å². The third kappa shape index (κ3) is 2.36. The van der Waals surface area contributed by atoms with Gasteiger partial charge in [-0.2, -0.15) is 0 Å². The van der Waals surface area contributed by atoms with Crippen LogP contribution in [0.1, 0.15) is 46.0 Å². The van der Waals surface area contributed by atoms with Gasteiger partial charge in [-0.15, -0.1) is 0 Å². The molecule has 1 saturated carbocycles. The molecule has 2 amide bonds. The van der Waals surface area contributed by atoms with Crippen LogP contribution in [-0.4, -0.2) is 40.9 Å². The molecular formula is C13H23N3O2. The average molecular weight is 253 g/mol. The Bertz CT molecular complexity index is 348. The Morgan fingerprint density at radius 1 is 1.44 bits per heavy atom. The van der Waals surface area contributed by atoms with E-state index in [0.29, 0.717) is 6.42 Å². The third-order valence-corrected chi connectivity index (χ3v) is 4.12. The van der Waals surface area contributed by atoms with Gasteiger partial charge in [-0.1, -0.05) is 12.8 Å². The molecule has 0 aromatic rings. The Kier molecular flexibility index (Phi) is 3.61. The van der Waals surface area contributed by atoms with Crippen LogP contribution in [-0.2, 0) is 9.59 Å². The topological polar surface area (TPSA) is 75.4 Å². The summed E-state index contributed by atoms with van der Waals surface area (Å²) in [7, 11) is 0. The van der Waals surface area contributed by atoms with Crippen LogP contribution in [0.4, 0.5) is 0 Å². The molecule has 2 fully saturated rings. The minimum absolute atomic E-state index is 0.0277. The second kappa shape index (κ2) is 4.88. The van der Waals surface area contributed by atoms with Gasteiger partial charge >= 0.3 is 0 Å². The van der Waals surface area contributed by atoms with E-state index in [-0.39, 0.29) is 23.9 Å². The molecule has 0 aromatic carbocycles.